The lowest BCUT2D eigenvalue weighted by molar-refractivity contribution is 0.263. The lowest BCUT2D eigenvalue weighted by Gasteiger charge is -2.13. The van der Waals surface area contributed by atoms with Crippen LogP contribution in [-0.4, -0.2) is 29.6 Å². The van der Waals surface area contributed by atoms with Gasteiger partial charge in [-0.3, -0.25) is 0 Å². The normalized spacial score (nSPS) is 12.5. The minimum Gasteiger partial charge on any atom is -0.476 e. The highest BCUT2D eigenvalue weighted by Gasteiger charge is 2.06. The molecule has 0 saturated carbocycles. The van der Waals surface area contributed by atoms with Gasteiger partial charge < -0.3 is 15.8 Å². The zero-order chi connectivity index (χ0) is 14.3. The highest BCUT2D eigenvalue weighted by Crippen LogP contribution is 2.21. The van der Waals surface area contributed by atoms with Gasteiger partial charge in [0.2, 0.25) is 5.88 Å². The van der Waals surface area contributed by atoms with Crippen LogP contribution in [0.1, 0.15) is 27.2 Å². The Morgan fingerprint density at radius 1 is 1.37 bits per heavy atom. The van der Waals surface area contributed by atoms with Crippen LogP contribution in [0.25, 0.3) is 0 Å². The Bertz CT molecular complexity index is 385. The minimum absolute atomic E-state index is 0.459. The van der Waals surface area contributed by atoms with Gasteiger partial charge >= 0.3 is 0 Å². The van der Waals surface area contributed by atoms with Gasteiger partial charge in [-0.1, -0.05) is 20.8 Å². The molecule has 1 aromatic rings. The van der Waals surface area contributed by atoms with E-state index in [-0.39, 0.29) is 0 Å². The molecular weight excluding hydrogens is 258 g/mol. The summed E-state index contributed by atoms with van der Waals surface area (Å²) in [7, 11) is 0. The zero-order valence-corrected chi connectivity index (χ0v) is 13.1. The molecule has 4 nitrogen and oxygen atoms in total. The van der Waals surface area contributed by atoms with Crippen molar-refractivity contribution in [2.45, 2.75) is 32.4 Å². The van der Waals surface area contributed by atoms with Crippen LogP contribution in [0.5, 0.6) is 5.88 Å². The lowest BCUT2D eigenvalue weighted by atomic mass is 10.2. The standard InChI is InChI=1S/C14H25N3OS/c1-10(2)9-18-14-12(15)5-6-13(17-14)16-8-7-11(3)19-4/h5-6,10-11H,7-9,15H2,1-4H3,(H,16,17). The van der Waals surface area contributed by atoms with Crippen molar-refractivity contribution in [3.05, 3.63) is 12.1 Å². The fourth-order valence-electron chi connectivity index (χ4n) is 1.43. The predicted octanol–water partition coefficient (Wildman–Crippen LogP) is 3.25. The summed E-state index contributed by atoms with van der Waals surface area (Å²) in [5, 5.41) is 3.96. The number of nitrogens with zero attached hydrogens (tertiary/aromatic N) is 1. The molecule has 0 aliphatic carbocycles. The summed E-state index contributed by atoms with van der Waals surface area (Å²) >= 11 is 1.87. The molecule has 1 atom stereocenters. The van der Waals surface area contributed by atoms with Crippen LogP contribution in [0.15, 0.2) is 12.1 Å². The van der Waals surface area contributed by atoms with Crippen molar-refractivity contribution in [1.82, 2.24) is 4.98 Å². The van der Waals surface area contributed by atoms with Crippen LogP contribution in [0, 0.1) is 5.92 Å². The Morgan fingerprint density at radius 2 is 2.11 bits per heavy atom. The van der Waals surface area contributed by atoms with E-state index in [0.29, 0.717) is 29.3 Å². The third-order valence-corrected chi connectivity index (χ3v) is 3.74. The first-order valence-electron chi connectivity index (χ1n) is 6.69. The zero-order valence-electron chi connectivity index (χ0n) is 12.3. The summed E-state index contributed by atoms with van der Waals surface area (Å²) in [4.78, 5) is 4.40. The predicted molar refractivity (Wildman–Crippen MR) is 85.1 cm³/mol. The number of hydrogen-bond donors (Lipinski definition) is 2. The maximum absolute atomic E-state index is 5.86. The number of aromatic nitrogens is 1. The van der Waals surface area contributed by atoms with Crippen molar-refractivity contribution in [3.63, 3.8) is 0 Å². The van der Waals surface area contributed by atoms with Gasteiger partial charge in [0.1, 0.15) is 5.82 Å². The Balaban J connectivity index is 2.52. The second-order valence-electron chi connectivity index (χ2n) is 5.06. The van der Waals surface area contributed by atoms with E-state index in [1.807, 2.05) is 23.9 Å². The first kappa shape index (κ1) is 16.0. The van der Waals surface area contributed by atoms with Crippen molar-refractivity contribution in [2.75, 3.05) is 30.5 Å². The van der Waals surface area contributed by atoms with E-state index in [0.717, 1.165) is 18.8 Å². The van der Waals surface area contributed by atoms with Crippen LogP contribution in [0.3, 0.4) is 0 Å². The van der Waals surface area contributed by atoms with Crippen molar-refractivity contribution in [3.8, 4) is 5.88 Å². The first-order valence-corrected chi connectivity index (χ1v) is 7.97. The van der Waals surface area contributed by atoms with Gasteiger partial charge in [-0.2, -0.15) is 16.7 Å². The van der Waals surface area contributed by atoms with E-state index in [1.165, 1.54) is 0 Å². The number of ether oxygens (including phenoxy) is 1. The molecule has 5 heteroatoms. The lowest BCUT2D eigenvalue weighted by Crippen LogP contribution is -2.11. The van der Waals surface area contributed by atoms with Crippen molar-refractivity contribution in [1.29, 1.82) is 0 Å². The van der Waals surface area contributed by atoms with Crippen LogP contribution in [-0.2, 0) is 0 Å². The highest BCUT2D eigenvalue weighted by atomic mass is 32.2. The molecule has 0 saturated heterocycles. The Labute approximate surface area is 120 Å². The second-order valence-corrected chi connectivity index (χ2v) is 6.33. The van der Waals surface area contributed by atoms with Crippen LogP contribution in [0.4, 0.5) is 11.5 Å². The van der Waals surface area contributed by atoms with Gasteiger partial charge in [0, 0.05) is 11.8 Å². The summed E-state index contributed by atoms with van der Waals surface area (Å²) in [6.07, 6.45) is 3.24. The summed E-state index contributed by atoms with van der Waals surface area (Å²) in [6.45, 7) is 7.96. The highest BCUT2D eigenvalue weighted by molar-refractivity contribution is 7.99. The van der Waals surface area contributed by atoms with Gasteiger partial charge in [0.15, 0.2) is 0 Å². The summed E-state index contributed by atoms with van der Waals surface area (Å²) in [5.74, 6) is 1.80. The average Bonchev–Trinajstić information content (AvgIpc) is 2.38. The van der Waals surface area contributed by atoms with Gasteiger partial charge in [-0.25, -0.2) is 0 Å². The number of hydrogen-bond acceptors (Lipinski definition) is 5. The molecule has 0 fully saturated rings. The largest absolute Gasteiger partial charge is 0.476 e. The van der Waals surface area contributed by atoms with E-state index in [4.69, 9.17) is 10.5 Å². The fourth-order valence-corrected chi connectivity index (χ4v) is 1.79. The smallest absolute Gasteiger partial charge is 0.239 e. The Kier molecular flexibility index (Phi) is 6.84. The number of nitrogen functional groups attached to an aromatic ring is 1. The SMILES string of the molecule is CSC(C)CCNc1ccc(N)c(OCC(C)C)n1. The average molecular weight is 283 g/mol. The van der Waals surface area contributed by atoms with E-state index in [9.17, 15) is 0 Å². The van der Waals surface area contributed by atoms with Crippen LogP contribution in [0.2, 0.25) is 0 Å². The number of rotatable bonds is 8. The van der Waals surface area contributed by atoms with Crippen LogP contribution >= 0.6 is 11.8 Å². The molecule has 1 rings (SSSR count). The first-order chi connectivity index (χ1) is 9.02. The summed E-state index contributed by atoms with van der Waals surface area (Å²) < 4.78 is 5.61. The molecule has 1 heterocycles. The second kappa shape index (κ2) is 8.15. The molecule has 0 radical (unpaired) electrons. The molecule has 1 aromatic heterocycles. The molecule has 0 aliphatic heterocycles. The molecular formula is C14H25N3OS. The molecule has 19 heavy (non-hydrogen) atoms. The maximum atomic E-state index is 5.86. The van der Waals surface area contributed by atoms with Crippen molar-refractivity contribution in [2.24, 2.45) is 5.92 Å². The van der Waals surface area contributed by atoms with Gasteiger partial charge in [-0.15, -0.1) is 0 Å². The quantitative estimate of drug-likeness (QED) is 0.767. The number of pyridine rings is 1. The third-order valence-electron chi connectivity index (χ3n) is 2.70. The van der Waals surface area contributed by atoms with Crippen LogP contribution < -0.4 is 15.8 Å². The van der Waals surface area contributed by atoms with Gasteiger partial charge in [-0.05, 0) is 30.7 Å². The van der Waals surface area contributed by atoms with E-state index < -0.39 is 0 Å². The Morgan fingerprint density at radius 3 is 2.74 bits per heavy atom. The fraction of sp³-hybridized carbons (Fsp3) is 0.643. The Hall–Kier alpha value is -1.10. The van der Waals surface area contributed by atoms with Gasteiger partial charge in [0.25, 0.3) is 0 Å². The van der Waals surface area contributed by atoms with Crippen molar-refractivity contribution >= 4 is 23.3 Å². The number of nitrogens with one attached hydrogen (secondary N) is 1. The molecule has 0 aliphatic rings. The monoisotopic (exact) mass is 283 g/mol. The summed E-state index contributed by atoms with van der Waals surface area (Å²) in [6, 6.07) is 3.73. The number of nitrogens with two attached hydrogens (primary N) is 1. The number of thioether (sulfide) groups is 1. The maximum Gasteiger partial charge on any atom is 0.239 e. The molecule has 1 unspecified atom stereocenters. The third kappa shape index (κ3) is 6.05. The molecule has 0 spiro atoms. The molecule has 0 aromatic carbocycles. The van der Waals surface area contributed by atoms with Crippen molar-refractivity contribution < 1.29 is 4.74 Å². The van der Waals surface area contributed by atoms with E-state index >= 15 is 0 Å². The van der Waals surface area contributed by atoms with E-state index in [1.54, 1.807) is 0 Å². The minimum atomic E-state index is 0.459. The van der Waals surface area contributed by atoms with E-state index in [2.05, 4.69) is 37.3 Å². The molecule has 108 valence electrons. The number of anilines is 2. The molecule has 3 N–H and O–H groups in total. The summed E-state index contributed by atoms with van der Waals surface area (Å²) in [5.41, 5.74) is 6.44. The van der Waals surface area contributed by atoms with Gasteiger partial charge in [0.05, 0.1) is 12.3 Å². The topological polar surface area (TPSA) is 60.2 Å². The molecule has 0 amide bonds. The molecule has 0 bridgehead atoms.